The molecular weight excluding hydrogens is 464 g/mol. The highest BCUT2D eigenvalue weighted by molar-refractivity contribution is 6.31. The van der Waals surface area contributed by atoms with Crippen LogP contribution in [0, 0.1) is 19.8 Å². The van der Waals surface area contributed by atoms with Gasteiger partial charge in [0.15, 0.2) is 0 Å². The monoisotopic (exact) mass is 498 g/mol. The number of nitrogens with one attached hydrogen (secondary N) is 2. The van der Waals surface area contributed by atoms with E-state index in [1.54, 1.807) is 13.0 Å². The fourth-order valence-electron chi connectivity index (χ4n) is 5.18. The number of aromatic amines is 1. The number of nitrogens with zero attached hydrogens (tertiary/aromatic N) is 2. The Hall–Kier alpha value is -2.61. The number of aryl methyl sites for hydroxylation is 1. The number of pyridine rings is 1. The molecule has 1 aromatic carbocycles. The summed E-state index contributed by atoms with van der Waals surface area (Å²) in [5.41, 5.74) is 2.66. The number of halogens is 1. The molecule has 1 amide bonds. The summed E-state index contributed by atoms with van der Waals surface area (Å²) in [5.74, 6) is 0.289. The van der Waals surface area contributed by atoms with Crippen molar-refractivity contribution in [2.75, 3.05) is 19.6 Å². The predicted octanol–water partition coefficient (Wildman–Crippen LogP) is 4.01. The van der Waals surface area contributed by atoms with E-state index in [9.17, 15) is 14.7 Å². The van der Waals surface area contributed by atoms with Gasteiger partial charge in [-0.1, -0.05) is 29.8 Å². The van der Waals surface area contributed by atoms with Crippen molar-refractivity contribution in [3.05, 3.63) is 68.2 Å². The first-order valence-electron chi connectivity index (χ1n) is 12.2. The Morgan fingerprint density at radius 3 is 2.57 bits per heavy atom. The quantitative estimate of drug-likeness (QED) is 0.459. The maximum absolute atomic E-state index is 13.3. The van der Waals surface area contributed by atoms with E-state index < -0.39 is 5.60 Å². The fraction of sp³-hybridized carbons (Fsp3) is 0.481. The van der Waals surface area contributed by atoms with E-state index in [4.69, 9.17) is 11.6 Å². The molecule has 8 heteroatoms. The molecule has 0 saturated carbocycles. The molecule has 2 aromatic heterocycles. The third kappa shape index (κ3) is 5.80. The van der Waals surface area contributed by atoms with E-state index in [-0.39, 0.29) is 18.0 Å². The summed E-state index contributed by atoms with van der Waals surface area (Å²) < 4.78 is 2.26. The predicted molar refractivity (Wildman–Crippen MR) is 140 cm³/mol. The van der Waals surface area contributed by atoms with E-state index in [2.05, 4.69) is 25.8 Å². The summed E-state index contributed by atoms with van der Waals surface area (Å²) in [7, 11) is 0. The number of fused-ring (bicyclic) bond motifs is 1. The Labute approximate surface area is 211 Å². The van der Waals surface area contributed by atoms with Crippen molar-refractivity contribution in [3.63, 3.8) is 0 Å². The van der Waals surface area contributed by atoms with Crippen LogP contribution in [0.3, 0.4) is 0 Å². The molecule has 1 aliphatic heterocycles. The van der Waals surface area contributed by atoms with Gasteiger partial charge in [-0.15, -0.1) is 0 Å². The topological polar surface area (TPSA) is 90.4 Å². The normalized spacial score (nSPS) is 15.6. The number of aromatic nitrogens is 2. The highest BCUT2D eigenvalue weighted by Gasteiger charge is 2.26. The van der Waals surface area contributed by atoms with Crippen LogP contribution >= 0.6 is 11.6 Å². The molecular formula is C27H35ClN4O3. The third-order valence-electron chi connectivity index (χ3n) is 6.86. The number of β-amino-alcohol motifs (C(OH)–C–C–N with tert-alkyl or cyclic N) is 1. The van der Waals surface area contributed by atoms with E-state index in [0.717, 1.165) is 49.1 Å². The zero-order chi connectivity index (χ0) is 25.3. The van der Waals surface area contributed by atoms with Crippen molar-refractivity contribution in [2.45, 2.75) is 59.2 Å². The number of carbonyl (C=O) groups excluding carboxylic acids is 1. The van der Waals surface area contributed by atoms with Crippen LogP contribution < -0.4 is 10.9 Å². The average molecular weight is 499 g/mol. The lowest BCUT2D eigenvalue weighted by atomic mass is 9.95. The van der Waals surface area contributed by atoms with Gasteiger partial charge in [-0.25, -0.2) is 0 Å². The zero-order valence-corrected chi connectivity index (χ0v) is 21.7. The van der Waals surface area contributed by atoms with Gasteiger partial charge in [0.1, 0.15) is 0 Å². The number of para-hydroxylation sites is 1. The molecule has 0 unspecified atom stereocenters. The highest BCUT2D eigenvalue weighted by Crippen LogP contribution is 2.29. The molecule has 7 nitrogen and oxygen atoms in total. The number of piperidine rings is 1. The average Bonchev–Trinajstić information content (AvgIpc) is 3.04. The van der Waals surface area contributed by atoms with Crippen LogP contribution in [0.1, 0.15) is 54.0 Å². The number of rotatable bonds is 7. The summed E-state index contributed by atoms with van der Waals surface area (Å²) in [6.45, 7) is 11.0. The van der Waals surface area contributed by atoms with Crippen LogP contribution in [0.25, 0.3) is 10.9 Å². The summed E-state index contributed by atoms with van der Waals surface area (Å²) in [6, 6.07) is 9.67. The van der Waals surface area contributed by atoms with E-state index in [1.165, 1.54) is 0 Å². The molecule has 1 saturated heterocycles. The van der Waals surface area contributed by atoms with Crippen LogP contribution in [-0.2, 0) is 13.1 Å². The highest BCUT2D eigenvalue weighted by atomic mass is 35.5. The van der Waals surface area contributed by atoms with Crippen molar-refractivity contribution in [2.24, 2.45) is 5.92 Å². The first-order valence-corrected chi connectivity index (χ1v) is 12.6. The minimum absolute atomic E-state index is 0.0614. The number of H-pyrrole nitrogens is 1. The van der Waals surface area contributed by atoms with Gasteiger partial charge in [-0.05, 0) is 71.7 Å². The number of hydrogen-bond donors (Lipinski definition) is 3. The SMILES string of the molecule is Cc1cc(Cl)c(CNC(=O)c2c(C)n(CC3CCN(CC(C)(C)O)CC3)c3ccccc23)c(=O)[nH]1. The van der Waals surface area contributed by atoms with Crippen molar-refractivity contribution in [1.82, 2.24) is 19.8 Å². The molecule has 188 valence electrons. The van der Waals surface area contributed by atoms with Gasteiger partial charge in [0.2, 0.25) is 0 Å². The minimum atomic E-state index is -0.685. The molecule has 4 rings (SSSR count). The largest absolute Gasteiger partial charge is 0.389 e. The summed E-state index contributed by atoms with van der Waals surface area (Å²) in [6.07, 6.45) is 2.11. The Bertz CT molecular complexity index is 1280. The van der Waals surface area contributed by atoms with Gasteiger partial charge in [0.25, 0.3) is 11.5 Å². The number of benzene rings is 1. The molecule has 3 N–H and O–H groups in total. The van der Waals surface area contributed by atoms with E-state index >= 15 is 0 Å². The second-order valence-corrected chi connectivity index (χ2v) is 10.8. The van der Waals surface area contributed by atoms with Crippen LogP contribution in [0.5, 0.6) is 0 Å². The fourth-order valence-corrected chi connectivity index (χ4v) is 5.50. The van der Waals surface area contributed by atoms with Crippen molar-refractivity contribution in [3.8, 4) is 0 Å². The summed E-state index contributed by atoms with van der Waals surface area (Å²) >= 11 is 6.26. The summed E-state index contributed by atoms with van der Waals surface area (Å²) in [4.78, 5) is 30.7. The van der Waals surface area contributed by atoms with Crippen LogP contribution in [0.2, 0.25) is 5.02 Å². The molecule has 0 aliphatic carbocycles. The second kappa shape index (κ2) is 10.2. The lowest BCUT2D eigenvalue weighted by molar-refractivity contribution is 0.0235. The van der Waals surface area contributed by atoms with Crippen LogP contribution in [-0.4, -0.2) is 50.7 Å². The van der Waals surface area contributed by atoms with Gasteiger partial charge < -0.3 is 24.9 Å². The Morgan fingerprint density at radius 1 is 1.23 bits per heavy atom. The third-order valence-corrected chi connectivity index (χ3v) is 7.20. The van der Waals surface area contributed by atoms with Crippen molar-refractivity contribution in [1.29, 1.82) is 0 Å². The number of amides is 1. The van der Waals surface area contributed by atoms with Gasteiger partial charge in [-0.2, -0.15) is 0 Å². The molecule has 0 bridgehead atoms. The van der Waals surface area contributed by atoms with Crippen molar-refractivity contribution >= 4 is 28.4 Å². The van der Waals surface area contributed by atoms with Gasteiger partial charge in [0.05, 0.1) is 28.3 Å². The molecule has 0 spiro atoms. The molecule has 3 heterocycles. The van der Waals surface area contributed by atoms with Crippen LogP contribution in [0.4, 0.5) is 0 Å². The Morgan fingerprint density at radius 2 is 1.91 bits per heavy atom. The maximum Gasteiger partial charge on any atom is 0.254 e. The Balaban J connectivity index is 1.52. The molecule has 35 heavy (non-hydrogen) atoms. The number of aliphatic hydroxyl groups is 1. The molecule has 3 aromatic rings. The maximum atomic E-state index is 13.3. The van der Waals surface area contributed by atoms with Gasteiger partial charge in [0, 0.05) is 35.4 Å². The van der Waals surface area contributed by atoms with E-state index in [0.29, 0.717) is 34.3 Å². The number of likely N-dealkylation sites (tertiary alicyclic amines) is 1. The smallest absolute Gasteiger partial charge is 0.254 e. The van der Waals surface area contributed by atoms with E-state index in [1.807, 2.05) is 39.0 Å². The molecule has 0 radical (unpaired) electrons. The van der Waals surface area contributed by atoms with Crippen LogP contribution in [0.15, 0.2) is 35.1 Å². The Kier molecular flexibility index (Phi) is 7.40. The molecule has 0 atom stereocenters. The molecule has 1 fully saturated rings. The standard InChI is InChI=1S/C27H35ClN4O3/c1-17-13-22(28)21(25(33)30-17)14-29-26(34)24-18(2)32(23-8-6-5-7-20(23)24)15-19-9-11-31(12-10-19)16-27(3,4)35/h5-8,13,19,35H,9-12,14-16H2,1-4H3,(H,29,34)(H,30,33). The first kappa shape index (κ1) is 25.5. The molecule has 1 aliphatic rings. The minimum Gasteiger partial charge on any atom is -0.389 e. The lowest BCUT2D eigenvalue weighted by Crippen LogP contribution is -2.43. The lowest BCUT2D eigenvalue weighted by Gasteiger charge is -2.35. The zero-order valence-electron chi connectivity index (χ0n) is 20.9. The second-order valence-electron chi connectivity index (χ2n) is 10.4. The van der Waals surface area contributed by atoms with Gasteiger partial charge in [-0.3, -0.25) is 9.59 Å². The number of hydrogen-bond acceptors (Lipinski definition) is 4. The number of carbonyl (C=O) groups is 1. The van der Waals surface area contributed by atoms with Crippen molar-refractivity contribution < 1.29 is 9.90 Å². The first-order chi connectivity index (χ1) is 16.5. The summed E-state index contributed by atoms with van der Waals surface area (Å²) in [5, 5.41) is 14.3. The van der Waals surface area contributed by atoms with Gasteiger partial charge >= 0.3 is 0 Å².